The summed E-state index contributed by atoms with van der Waals surface area (Å²) in [4.78, 5) is 24.4. The van der Waals surface area contributed by atoms with Gasteiger partial charge in [-0.15, -0.1) is 0 Å². The second-order valence-corrected chi connectivity index (χ2v) is 6.56. The molecule has 0 fully saturated rings. The molecule has 136 valence electrons. The van der Waals surface area contributed by atoms with E-state index in [2.05, 4.69) is 25.4 Å². The number of aromatic nitrogens is 5. The number of hydrogen-bond donors (Lipinski definition) is 2. The monoisotopic (exact) mass is 373 g/mol. The molecule has 28 heavy (non-hydrogen) atoms. The number of nitrogens with zero attached hydrogens (tertiary/aromatic N) is 5. The van der Waals surface area contributed by atoms with Crippen LogP contribution in [0.3, 0.4) is 0 Å². The molecule has 1 aromatic carbocycles. The third-order valence-electron chi connectivity index (χ3n) is 4.69. The smallest absolute Gasteiger partial charge is 0.256 e. The zero-order valence-corrected chi connectivity index (χ0v) is 14.6. The highest BCUT2D eigenvalue weighted by Crippen LogP contribution is 2.28. The lowest BCUT2D eigenvalue weighted by Gasteiger charge is -2.08. The van der Waals surface area contributed by atoms with Gasteiger partial charge in [0, 0.05) is 18.6 Å². The molecule has 0 atom stereocenters. The molecule has 1 amide bonds. The zero-order chi connectivity index (χ0) is 19.5. The first-order valence-corrected chi connectivity index (χ1v) is 8.40. The number of benzene rings is 1. The van der Waals surface area contributed by atoms with Crippen molar-refractivity contribution in [3.63, 3.8) is 0 Å². The highest BCUT2D eigenvalue weighted by molar-refractivity contribution is 6.06. The van der Waals surface area contributed by atoms with Crippen LogP contribution in [-0.2, 0) is 7.05 Å². The van der Waals surface area contributed by atoms with Crippen molar-refractivity contribution in [3.05, 3.63) is 54.1 Å². The van der Waals surface area contributed by atoms with Gasteiger partial charge in [-0.25, -0.2) is 14.4 Å². The number of fused-ring (bicyclic) bond motifs is 2. The van der Waals surface area contributed by atoms with Gasteiger partial charge in [-0.2, -0.15) is 10.4 Å². The van der Waals surface area contributed by atoms with Crippen molar-refractivity contribution >= 4 is 28.0 Å². The maximum Gasteiger partial charge on any atom is 0.256 e. The second-order valence-electron chi connectivity index (χ2n) is 6.56. The molecule has 0 spiro atoms. The van der Waals surface area contributed by atoms with E-state index in [4.69, 9.17) is 5.26 Å². The number of rotatable bonds is 3. The Balaban J connectivity index is 1.61. The normalized spacial score (nSPS) is 14.3. The first-order chi connectivity index (χ1) is 13.5. The van der Waals surface area contributed by atoms with Crippen molar-refractivity contribution in [1.29, 1.82) is 5.26 Å². The summed E-state index contributed by atoms with van der Waals surface area (Å²) in [5.74, 6) is -0.787. The van der Waals surface area contributed by atoms with Crippen molar-refractivity contribution < 1.29 is 9.18 Å². The molecule has 3 heterocycles. The van der Waals surface area contributed by atoms with Crippen molar-refractivity contribution in [2.24, 2.45) is 7.05 Å². The van der Waals surface area contributed by atoms with Crippen LogP contribution < -0.4 is 5.32 Å². The highest BCUT2D eigenvalue weighted by Gasteiger charge is 2.36. The van der Waals surface area contributed by atoms with E-state index in [9.17, 15) is 9.18 Å². The molecule has 0 aliphatic heterocycles. The molecule has 0 radical (unpaired) electrons. The van der Waals surface area contributed by atoms with Gasteiger partial charge in [0.2, 0.25) is 0 Å². The van der Waals surface area contributed by atoms with Gasteiger partial charge in [0.25, 0.3) is 5.91 Å². The molecule has 1 aliphatic carbocycles. The average molecular weight is 373 g/mol. The highest BCUT2D eigenvalue weighted by atomic mass is 19.1. The summed E-state index contributed by atoms with van der Waals surface area (Å²) in [6.45, 7) is 0. The fourth-order valence-electron chi connectivity index (χ4n) is 3.12. The molecule has 9 heteroatoms. The Morgan fingerprint density at radius 3 is 2.96 bits per heavy atom. The van der Waals surface area contributed by atoms with E-state index in [0.29, 0.717) is 28.1 Å². The van der Waals surface area contributed by atoms with Crippen LogP contribution in [0.1, 0.15) is 10.4 Å². The molecular formula is C19H12FN7O. The number of nitrogens with one attached hydrogen (secondary N) is 2. The number of carbonyl (C=O) groups is 1. The maximum absolute atomic E-state index is 13.6. The minimum absolute atomic E-state index is 0.277. The lowest BCUT2D eigenvalue weighted by Crippen LogP contribution is -2.36. The molecule has 0 saturated carbocycles. The first kappa shape index (κ1) is 16.1. The van der Waals surface area contributed by atoms with Crippen molar-refractivity contribution in [2.75, 3.05) is 0 Å². The van der Waals surface area contributed by atoms with Crippen LogP contribution in [0.25, 0.3) is 33.5 Å². The Labute approximate surface area is 157 Å². The largest absolute Gasteiger partial charge is 0.344 e. The van der Waals surface area contributed by atoms with Gasteiger partial charge >= 0.3 is 0 Å². The second kappa shape index (κ2) is 5.47. The Morgan fingerprint density at radius 1 is 1.39 bits per heavy atom. The SMILES string of the molecule is Cn1nc(-c2cnc3[nH]cc(C(=O)NC4(C#N)C=C4)c3n2)c2ccc(F)cc21. The zero-order valence-electron chi connectivity index (χ0n) is 14.6. The predicted octanol–water partition coefficient (Wildman–Crippen LogP) is 2.21. The summed E-state index contributed by atoms with van der Waals surface area (Å²) in [5, 5.41) is 16.9. The van der Waals surface area contributed by atoms with Gasteiger partial charge in [0.15, 0.2) is 11.2 Å². The lowest BCUT2D eigenvalue weighted by molar-refractivity contribution is 0.0947. The van der Waals surface area contributed by atoms with E-state index in [1.165, 1.54) is 18.3 Å². The van der Waals surface area contributed by atoms with Gasteiger partial charge in [0.1, 0.15) is 22.7 Å². The first-order valence-electron chi connectivity index (χ1n) is 8.40. The molecule has 4 aromatic rings. The predicted molar refractivity (Wildman–Crippen MR) is 98.5 cm³/mol. The van der Waals surface area contributed by atoms with Crippen LogP contribution in [-0.4, -0.2) is 36.2 Å². The van der Waals surface area contributed by atoms with E-state index in [1.807, 2.05) is 6.07 Å². The topological polar surface area (TPSA) is 112 Å². The fraction of sp³-hybridized carbons (Fsp3) is 0.105. The fourth-order valence-corrected chi connectivity index (χ4v) is 3.12. The molecular weight excluding hydrogens is 361 g/mol. The molecule has 3 aromatic heterocycles. The van der Waals surface area contributed by atoms with Crippen LogP contribution in [0.4, 0.5) is 4.39 Å². The van der Waals surface area contributed by atoms with E-state index >= 15 is 0 Å². The molecule has 1 aliphatic rings. The summed E-state index contributed by atoms with van der Waals surface area (Å²) < 4.78 is 15.1. The Bertz CT molecular complexity index is 1350. The van der Waals surface area contributed by atoms with Crippen LogP contribution in [0.15, 0.2) is 42.7 Å². The number of aryl methyl sites for hydroxylation is 1. The Kier molecular flexibility index (Phi) is 3.15. The lowest BCUT2D eigenvalue weighted by atomic mass is 10.1. The van der Waals surface area contributed by atoms with Gasteiger partial charge in [-0.3, -0.25) is 9.48 Å². The van der Waals surface area contributed by atoms with Gasteiger partial charge in [-0.1, -0.05) is 0 Å². The van der Waals surface area contributed by atoms with Gasteiger partial charge < -0.3 is 10.3 Å². The molecule has 0 unspecified atom stereocenters. The summed E-state index contributed by atoms with van der Waals surface area (Å²) in [5.41, 5.74) is 1.68. The quantitative estimate of drug-likeness (QED) is 0.535. The van der Waals surface area contributed by atoms with E-state index in [0.717, 1.165) is 5.39 Å². The number of amides is 1. The summed E-state index contributed by atoms with van der Waals surface area (Å²) in [6.07, 6.45) is 6.26. The third kappa shape index (κ3) is 2.35. The van der Waals surface area contributed by atoms with Crippen LogP contribution in [0, 0.1) is 17.1 Å². The minimum Gasteiger partial charge on any atom is -0.344 e. The molecule has 5 rings (SSSR count). The average Bonchev–Trinajstić information content (AvgIpc) is 3.21. The van der Waals surface area contributed by atoms with Crippen molar-refractivity contribution in [2.45, 2.75) is 5.54 Å². The summed E-state index contributed by atoms with van der Waals surface area (Å²) >= 11 is 0. The maximum atomic E-state index is 13.6. The number of halogens is 1. The summed E-state index contributed by atoms with van der Waals surface area (Å²) in [7, 11) is 1.72. The third-order valence-corrected chi connectivity index (χ3v) is 4.69. The molecule has 0 saturated heterocycles. The van der Waals surface area contributed by atoms with Crippen molar-refractivity contribution in [3.8, 4) is 17.5 Å². The standard InChI is InChI=1S/C19H12FN7O/c1-27-14-6-10(20)2-3-11(14)15(26-27)13-8-23-17-16(24-13)12(7-22-17)18(28)25-19(9-21)4-5-19/h2-8H,1H3,(H,22,23)(H,25,28). The number of aromatic amines is 1. The molecule has 0 bridgehead atoms. The number of nitriles is 1. The number of hydrogen-bond acceptors (Lipinski definition) is 5. The van der Waals surface area contributed by atoms with Gasteiger partial charge in [-0.05, 0) is 30.4 Å². The van der Waals surface area contributed by atoms with Gasteiger partial charge in [0.05, 0.1) is 23.3 Å². The van der Waals surface area contributed by atoms with Crippen LogP contribution >= 0.6 is 0 Å². The van der Waals surface area contributed by atoms with Crippen molar-refractivity contribution in [1.82, 2.24) is 30.0 Å². The number of carbonyl (C=O) groups excluding carboxylic acids is 1. The molecule has 2 N–H and O–H groups in total. The van der Waals surface area contributed by atoms with E-state index in [-0.39, 0.29) is 11.4 Å². The summed E-state index contributed by atoms with van der Waals surface area (Å²) in [6, 6.07) is 6.42. The number of H-pyrrole nitrogens is 1. The van der Waals surface area contributed by atoms with Crippen LogP contribution in [0.2, 0.25) is 0 Å². The Morgan fingerprint density at radius 2 is 2.21 bits per heavy atom. The van der Waals surface area contributed by atoms with E-state index in [1.54, 1.807) is 36.1 Å². The molecule has 8 nitrogen and oxygen atoms in total. The Hall–Kier alpha value is -4.06. The minimum atomic E-state index is -1.02. The van der Waals surface area contributed by atoms with Crippen LogP contribution in [0.5, 0.6) is 0 Å². The van der Waals surface area contributed by atoms with E-state index < -0.39 is 11.4 Å².